The summed E-state index contributed by atoms with van der Waals surface area (Å²) in [6, 6.07) is 3.43. The maximum Gasteiger partial charge on any atom is 0.348 e. The van der Waals surface area contributed by atoms with Gasteiger partial charge < -0.3 is 14.6 Å². The lowest BCUT2D eigenvalue weighted by molar-refractivity contribution is -0.222. The van der Waals surface area contributed by atoms with Crippen molar-refractivity contribution in [3.8, 4) is 5.75 Å². The van der Waals surface area contributed by atoms with E-state index >= 15 is 0 Å². The van der Waals surface area contributed by atoms with Crippen molar-refractivity contribution in [3.05, 3.63) is 34.4 Å². The van der Waals surface area contributed by atoms with E-state index in [4.69, 9.17) is 9.47 Å². The quantitative estimate of drug-likeness (QED) is 0.484. The third-order valence-corrected chi connectivity index (χ3v) is 3.15. The Hall–Kier alpha value is -2.30. The third kappa shape index (κ3) is 2.52. The molecule has 1 aromatic carbocycles. The van der Waals surface area contributed by atoms with Gasteiger partial charge in [0.2, 0.25) is 0 Å². The highest BCUT2D eigenvalue weighted by molar-refractivity contribution is 6.19. The van der Waals surface area contributed by atoms with Gasteiger partial charge in [-0.3, -0.25) is 0 Å². The minimum Gasteiger partial charge on any atom is -0.507 e. The van der Waals surface area contributed by atoms with E-state index < -0.39 is 17.7 Å². The Labute approximate surface area is 116 Å². The number of phenols is 1. The highest BCUT2D eigenvalue weighted by Crippen LogP contribution is 2.29. The van der Waals surface area contributed by atoms with Crippen LogP contribution in [0.2, 0.25) is 0 Å². The van der Waals surface area contributed by atoms with Crippen LogP contribution in [0.1, 0.15) is 30.5 Å². The van der Waals surface area contributed by atoms with Crippen molar-refractivity contribution in [2.75, 3.05) is 0 Å². The number of benzene rings is 1. The summed E-state index contributed by atoms with van der Waals surface area (Å²) in [6.45, 7) is 6.57. The van der Waals surface area contributed by atoms with Crippen molar-refractivity contribution >= 4 is 18.0 Å². The number of carbonyl (C=O) groups is 2. The number of aromatic hydroxyl groups is 1. The number of aryl methyl sites for hydroxylation is 1. The Bertz CT molecular complexity index is 603. The maximum atomic E-state index is 11.8. The fraction of sp³-hybridized carbons (Fsp3) is 0.333. The lowest BCUT2D eigenvalue weighted by Gasteiger charge is -2.29. The monoisotopic (exact) mass is 276 g/mol. The van der Waals surface area contributed by atoms with Crippen molar-refractivity contribution in [2.24, 2.45) is 0 Å². The van der Waals surface area contributed by atoms with Crippen LogP contribution in [-0.2, 0) is 19.1 Å². The molecule has 0 spiro atoms. The van der Waals surface area contributed by atoms with Crippen LogP contribution in [0.5, 0.6) is 5.75 Å². The molecule has 20 heavy (non-hydrogen) atoms. The molecule has 1 saturated heterocycles. The van der Waals surface area contributed by atoms with E-state index in [0.717, 1.165) is 5.56 Å². The summed E-state index contributed by atoms with van der Waals surface area (Å²) >= 11 is 0. The van der Waals surface area contributed by atoms with Gasteiger partial charge in [-0.1, -0.05) is 12.1 Å². The van der Waals surface area contributed by atoms with Crippen LogP contribution in [0.3, 0.4) is 0 Å². The average Bonchev–Trinajstić information content (AvgIpc) is 2.32. The number of hydrogen-bond acceptors (Lipinski definition) is 5. The Balaban J connectivity index is 2.44. The fourth-order valence-corrected chi connectivity index (χ4v) is 1.87. The molecular formula is C15H16O5. The highest BCUT2D eigenvalue weighted by atomic mass is 16.7. The summed E-state index contributed by atoms with van der Waals surface area (Å²) < 4.78 is 9.98. The molecular weight excluding hydrogens is 260 g/mol. The fourth-order valence-electron chi connectivity index (χ4n) is 1.87. The van der Waals surface area contributed by atoms with Gasteiger partial charge in [0.1, 0.15) is 11.3 Å². The molecule has 1 heterocycles. The largest absolute Gasteiger partial charge is 0.507 e. The van der Waals surface area contributed by atoms with Gasteiger partial charge in [-0.15, -0.1) is 0 Å². The van der Waals surface area contributed by atoms with Crippen molar-refractivity contribution in [3.63, 3.8) is 0 Å². The zero-order valence-corrected chi connectivity index (χ0v) is 11.8. The Morgan fingerprint density at radius 1 is 1.10 bits per heavy atom. The van der Waals surface area contributed by atoms with Crippen LogP contribution in [-0.4, -0.2) is 22.8 Å². The van der Waals surface area contributed by atoms with E-state index in [1.54, 1.807) is 19.1 Å². The molecule has 0 saturated carbocycles. The summed E-state index contributed by atoms with van der Waals surface area (Å²) in [5.41, 5.74) is 1.75. The normalized spacial score (nSPS) is 17.5. The minimum absolute atomic E-state index is 0.0305. The van der Waals surface area contributed by atoms with Gasteiger partial charge in [-0.25, -0.2) is 9.59 Å². The maximum absolute atomic E-state index is 11.8. The summed E-state index contributed by atoms with van der Waals surface area (Å²) in [7, 11) is 0. The molecule has 5 heteroatoms. The molecule has 106 valence electrons. The number of phenolic OH excluding ortho intramolecular Hbond substituents is 1. The standard InChI is InChI=1S/C15H16O5/c1-8-5-6-10(12(16)9(8)2)7-11-13(17)19-15(3,4)20-14(11)18/h5-7,16H,1-4H3. The number of esters is 2. The van der Waals surface area contributed by atoms with E-state index in [0.29, 0.717) is 11.1 Å². The zero-order valence-electron chi connectivity index (χ0n) is 11.8. The van der Waals surface area contributed by atoms with Crippen molar-refractivity contribution in [1.82, 2.24) is 0 Å². The molecule has 1 aliphatic heterocycles. The molecule has 1 N–H and O–H groups in total. The number of hydrogen-bond donors (Lipinski definition) is 1. The Kier molecular flexibility index (Phi) is 3.29. The molecule has 0 amide bonds. The van der Waals surface area contributed by atoms with Gasteiger partial charge in [-0.2, -0.15) is 0 Å². The second-order valence-electron chi connectivity index (χ2n) is 5.18. The van der Waals surface area contributed by atoms with E-state index in [2.05, 4.69) is 0 Å². The second-order valence-corrected chi connectivity index (χ2v) is 5.18. The predicted octanol–water partition coefficient (Wildman–Crippen LogP) is 2.23. The summed E-state index contributed by atoms with van der Waals surface area (Å²) in [4.78, 5) is 23.6. The Morgan fingerprint density at radius 3 is 2.20 bits per heavy atom. The SMILES string of the molecule is Cc1ccc(C=C2C(=O)OC(C)(C)OC2=O)c(O)c1C. The average molecular weight is 276 g/mol. The lowest BCUT2D eigenvalue weighted by Crippen LogP contribution is -2.41. The number of carbonyl (C=O) groups excluding carboxylic acids is 2. The van der Waals surface area contributed by atoms with E-state index in [1.807, 2.05) is 6.92 Å². The first kappa shape index (κ1) is 14.1. The first-order valence-corrected chi connectivity index (χ1v) is 6.19. The molecule has 0 bridgehead atoms. The molecule has 1 aromatic rings. The second kappa shape index (κ2) is 4.67. The number of cyclic esters (lactones) is 2. The predicted molar refractivity (Wildman–Crippen MR) is 71.8 cm³/mol. The first-order chi connectivity index (χ1) is 9.21. The molecule has 1 fully saturated rings. The molecule has 5 nitrogen and oxygen atoms in total. The third-order valence-electron chi connectivity index (χ3n) is 3.15. The van der Waals surface area contributed by atoms with Gasteiger partial charge in [-0.05, 0) is 31.1 Å². The van der Waals surface area contributed by atoms with E-state index in [9.17, 15) is 14.7 Å². The summed E-state index contributed by atoms with van der Waals surface area (Å²) in [5, 5.41) is 10.0. The van der Waals surface area contributed by atoms with Crippen LogP contribution in [0.4, 0.5) is 0 Å². The Morgan fingerprint density at radius 2 is 1.65 bits per heavy atom. The lowest BCUT2D eigenvalue weighted by atomic mass is 10.0. The summed E-state index contributed by atoms with van der Waals surface area (Å²) in [6.07, 6.45) is 1.28. The van der Waals surface area contributed by atoms with Gasteiger partial charge in [0, 0.05) is 19.4 Å². The molecule has 0 unspecified atom stereocenters. The smallest absolute Gasteiger partial charge is 0.348 e. The van der Waals surface area contributed by atoms with Gasteiger partial charge >= 0.3 is 11.9 Å². The van der Waals surface area contributed by atoms with Crippen molar-refractivity contribution < 1.29 is 24.2 Å². The van der Waals surface area contributed by atoms with Crippen LogP contribution < -0.4 is 0 Å². The number of rotatable bonds is 1. The van der Waals surface area contributed by atoms with Gasteiger partial charge in [0.25, 0.3) is 5.79 Å². The highest BCUT2D eigenvalue weighted by Gasteiger charge is 2.38. The minimum atomic E-state index is -1.27. The van der Waals surface area contributed by atoms with Crippen LogP contribution in [0, 0.1) is 13.8 Å². The van der Waals surface area contributed by atoms with Crippen LogP contribution in [0.15, 0.2) is 17.7 Å². The molecule has 1 aliphatic rings. The number of ether oxygens (including phenoxy) is 2. The first-order valence-electron chi connectivity index (χ1n) is 6.19. The van der Waals surface area contributed by atoms with E-state index in [-0.39, 0.29) is 11.3 Å². The van der Waals surface area contributed by atoms with E-state index in [1.165, 1.54) is 19.9 Å². The molecule has 0 atom stereocenters. The zero-order chi connectivity index (χ0) is 15.1. The van der Waals surface area contributed by atoms with Crippen molar-refractivity contribution in [1.29, 1.82) is 0 Å². The molecule has 2 rings (SSSR count). The molecule has 0 aliphatic carbocycles. The molecule has 0 radical (unpaired) electrons. The molecule has 0 aromatic heterocycles. The topological polar surface area (TPSA) is 72.8 Å². The van der Waals surface area contributed by atoms with Crippen LogP contribution >= 0.6 is 0 Å². The van der Waals surface area contributed by atoms with Gasteiger partial charge in [0.15, 0.2) is 0 Å². The van der Waals surface area contributed by atoms with Gasteiger partial charge in [0.05, 0.1) is 0 Å². The van der Waals surface area contributed by atoms with Crippen molar-refractivity contribution in [2.45, 2.75) is 33.5 Å². The summed E-state index contributed by atoms with van der Waals surface area (Å²) in [5.74, 6) is -2.76. The van der Waals surface area contributed by atoms with Crippen LogP contribution in [0.25, 0.3) is 6.08 Å².